The number of piperazine rings is 1. The summed E-state index contributed by atoms with van der Waals surface area (Å²) >= 11 is 0. The van der Waals surface area contributed by atoms with Gasteiger partial charge in [0.1, 0.15) is 11.6 Å². The number of methoxy groups -OCH3 is 2. The number of pyridine rings is 3. The van der Waals surface area contributed by atoms with Crippen LogP contribution in [0.2, 0.25) is 0 Å². The first kappa shape index (κ1) is 25.1. The zero-order chi connectivity index (χ0) is 26.8. The average molecular weight is 529 g/mol. The molecule has 6 heterocycles. The molecular formula is C28H32N8O3. The fourth-order valence-electron chi connectivity index (χ4n) is 5.26. The van der Waals surface area contributed by atoms with Crippen molar-refractivity contribution in [2.45, 2.75) is 19.5 Å². The lowest BCUT2D eigenvalue weighted by Crippen LogP contribution is -2.54. The molecule has 11 heteroatoms. The van der Waals surface area contributed by atoms with E-state index in [0.29, 0.717) is 19.1 Å². The van der Waals surface area contributed by atoms with Crippen molar-refractivity contribution in [2.75, 3.05) is 52.0 Å². The van der Waals surface area contributed by atoms with Gasteiger partial charge in [-0.15, -0.1) is 5.10 Å². The van der Waals surface area contributed by atoms with Gasteiger partial charge in [0.25, 0.3) is 0 Å². The van der Waals surface area contributed by atoms with E-state index in [2.05, 4.69) is 48.3 Å². The normalized spacial score (nSPS) is 16.3. The lowest BCUT2D eigenvalue weighted by Gasteiger charge is -2.41. The van der Waals surface area contributed by atoms with Crippen molar-refractivity contribution in [3.05, 3.63) is 60.7 Å². The van der Waals surface area contributed by atoms with E-state index in [0.717, 1.165) is 71.0 Å². The Hall–Kier alpha value is -4.22. The topological polar surface area (TPSA) is 106 Å². The Morgan fingerprint density at radius 3 is 2.72 bits per heavy atom. The van der Waals surface area contributed by atoms with Crippen LogP contribution in [0.5, 0.6) is 11.6 Å². The quantitative estimate of drug-likeness (QED) is 0.308. The summed E-state index contributed by atoms with van der Waals surface area (Å²) in [5.74, 6) is 2.33. The molecule has 39 heavy (non-hydrogen) atoms. The maximum Gasteiger partial charge on any atom is 0.212 e. The van der Waals surface area contributed by atoms with Crippen molar-refractivity contribution in [3.63, 3.8) is 0 Å². The third kappa shape index (κ3) is 4.98. The molecule has 1 saturated heterocycles. The van der Waals surface area contributed by atoms with Gasteiger partial charge in [-0.1, -0.05) is 6.07 Å². The molecule has 0 aliphatic carbocycles. The third-order valence-corrected chi connectivity index (χ3v) is 7.15. The van der Waals surface area contributed by atoms with Gasteiger partial charge in [0, 0.05) is 62.9 Å². The van der Waals surface area contributed by atoms with Crippen LogP contribution in [0.3, 0.4) is 0 Å². The van der Waals surface area contributed by atoms with Gasteiger partial charge < -0.3 is 19.1 Å². The van der Waals surface area contributed by atoms with Crippen molar-refractivity contribution in [3.8, 4) is 22.8 Å². The van der Waals surface area contributed by atoms with Crippen molar-refractivity contribution in [1.29, 1.82) is 0 Å². The molecule has 0 amide bonds. The van der Waals surface area contributed by atoms with Gasteiger partial charge in [-0.3, -0.25) is 10.00 Å². The fraction of sp³-hybridized carbons (Fsp3) is 0.357. The monoisotopic (exact) mass is 528 g/mol. The molecule has 1 atom stereocenters. The van der Waals surface area contributed by atoms with Gasteiger partial charge in [-0.2, -0.15) is 5.10 Å². The predicted molar refractivity (Wildman–Crippen MR) is 148 cm³/mol. The van der Waals surface area contributed by atoms with Gasteiger partial charge in [-0.25, -0.2) is 14.5 Å². The summed E-state index contributed by atoms with van der Waals surface area (Å²) in [6.07, 6.45) is 7.51. The second-order valence-corrected chi connectivity index (χ2v) is 9.59. The van der Waals surface area contributed by atoms with Gasteiger partial charge in [-0.05, 0) is 30.7 Å². The molecule has 0 radical (unpaired) electrons. The first-order valence-electron chi connectivity index (χ1n) is 13.1. The molecule has 1 aliphatic rings. The highest BCUT2D eigenvalue weighted by Crippen LogP contribution is 2.33. The molecule has 0 aromatic carbocycles. The Kier molecular flexibility index (Phi) is 6.99. The van der Waals surface area contributed by atoms with Crippen LogP contribution in [-0.2, 0) is 11.3 Å². The molecule has 1 aliphatic heterocycles. The Morgan fingerprint density at radius 2 is 1.97 bits per heavy atom. The molecule has 5 aromatic heterocycles. The second-order valence-electron chi connectivity index (χ2n) is 9.59. The Balaban J connectivity index is 1.23. The molecule has 5 aromatic rings. The number of aromatic nitrogens is 6. The summed E-state index contributed by atoms with van der Waals surface area (Å²) in [6, 6.07) is 10.5. The van der Waals surface area contributed by atoms with Gasteiger partial charge in [0.15, 0.2) is 5.65 Å². The Labute approximate surface area is 226 Å². The Morgan fingerprint density at radius 1 is 1.05 bits per heavy atom. The van der Waals surface area contributed by atoms with E-state index in [9.17, 15) is 0 Å². The number of nitrogens with zero attached hydrogens (tertiary/aromatic N) is 7. The van der Waals surface area contributed by atoms with Gasteiger partial charge in [0.05, 0.1) is 49.7 Å². The number of anilines is 1. The first-order chi connectivity index (χ1) is 19.2. The average Bonchev–Trinajstić information content (AvgIpc) is 3.56. The molecule has 0 spiro atoms. The SMILES string of the molecule is CCOc1cc(-c2ccc(N3CCN(Cc4ccc(OC)nc4)C(COC)C3)nc2)c2c3cn[nH]c3nn2c1. The van der Waals surface area contributed by atoms with E-state index in [1.165, 1.54) is 0 Å². The number of nitrogens with one attached hydrogen (secondary N) is 1. The van der Waals surface area contributed by atoms with Gasteiger partial charge >= 0.3 is 0 Å². The van der Waals surface area contributed by atoms with E-state index < -0.39 is 0 Å². The first-order valence-corrected chi connectivity index (χ1v) is 13.1. The maximum absolute atomic E-state index is 5.82. The number of hydrogen-bond acceptors (Lipinski definition) is 9. The number of H-pyrrole nitrogens is 1. The minimum atomic E-state index is 0.232. The van der Waals surface area contributed by atoms with Crippen LogP contribution < -0.4 is 14.4 Å². The van der Waals surface area contributed by atoms with Crippen molar-refractivity contribution < 1.29 is 14.2 Å². The van der Waals surface area contributed by atoms with Crippen LogP contribution in [-0.4, -0.2) is 87.8 Å². The zero-order valence-electron chi connectivity index (χ0n) is 22.4. The van der Waals surface area contributed by atoms with Crippen molar-refractivity contribution >= 4 is 22.4 Å². The van der Waals surface area contributed by atoms with Gasteiger partial charge in [0.2, 0.25) is 5.88 Å². The van der Waals surface area contributed by atoms with Crippen LogP contribution in [0.1, 0.15) is 12.5 Å². The summed E-state index contributed by atoms with van der Waals surface area (Å²) in [4.78, 5) is 14.0. The Bertz CT molecular complexity index is 1550. The number of rotatable bonds is 9. The van der Waals surface area contributed by atoms with E-state index in [4.69, 9.17) is 19.2 Å². The third-order valence-electron chi connectivity index (χ3n) is 7.15. The highest BCUT2D eigenvalue weighted by molar-refractivity contribution is 6.00. The summed E-state index contributed by atoms with van der Waals surface area (Å²) in [5.41, 5.74) is 4.85. The number of hydrogen-bond donors (Lipinski definition) is 1. The summed E-state index contributed by atoms with van der Waals surface area (Å²) < 4.78 is 18.5. The number of aromatic amines is 1. The molecule has 6 rings (SSSR count). The standard InChI is InChI=1S/C28H32N8O3/c1-4-39-22-11-23(27-24-14-31-32-28(24)33-36(27)17-22)20-6-7-25(29-13-20)35-10-9-34(21(16-35)18-37-2)15-19-5-8-26(38-3)30-12-19/h5-8,11-14,17,21H,4,9-10,15-16,18H2,1-3H3,(H,32,33). The van der Waals surface area contributed by atoms with Crippen LogP contribution in [0, 0.1) is 0 Å². The number of fused-ring (bicyclic) bond motifs is 3. The van der Waals surface area contributed by atoms with Crippen LogP contribution in [0.15, 0.2) is 55.1 Å². The lowest BCUT2D eigenvalue weighted by atomic mass is 10.1. The van der Waals surface area contributed by atoms with E-state index >= 15 is 0 Å². The van der Waals surface area contributed by atoms with Crippen molar-refractivity contribution in [1.82, 2.24) is 34.7 Å². The minimum absolute atomic E-state index is 0.232. The molecule has 11 nitrogen and oxygen atoms in total. The van der Waals surface area contributed by atoms with Crippen molar-refractivity contribution in [2.24, 2.45) is 0 Å². The zero-order valence-corrected chi connectivity index (χ0v) is 22.4. The van der Waals surface area contributed by atoms with Crippen LogP contribution in [0.25, 0.3) is 27.7 Å². The van der Waals surface area contributed by atoms with E-state index in [1.807, 2.05) is 42.2 Å². The summed E-state index contributed by atoms with van der Waals surface area (Å²) in [7, 11) is 3.38. The molecule has 202 valence electrons. The summed E-state index contributed by atoms with van der Waals surface area (Å²) in [5, 5.41) is 12.7. The smallest absolute Gasteiger partial charge is 0.212 e. The maximum atomic E-state index is 5.82. The second kappa shape index (κ2) is 10.9. The molecular weight excluding hydrogens is 496 g/mol. The fourth-order valence-corrected chi connectivity index (χ4v) is 5.26. The van der Waals surface area contributed by atoms with Crippen LogP contribution in [0.4, 0.5) is 5.82 Å². The summed E-state index contributed by atoms with van der Waals surface area (Å²) in [6.45, 7) is 6.60. The minimum Gasteiger partial charge on any atom is -0.492 e. The van der Waals surface area contributed by atoms with E-state index in [1.54, 1.807) is 20.4 Å². The molecule has 1 unspecified atom stereocenters. The highest BCUT2D eigenvalue weighted by Gasteiger charge is 2.28. The molecule has 0 saturated carbocycles. The van der Waals surface area contributed by atoms with E-state index in [-0.39, 0.29) is 6.04 Å². The number of ether oxygens (including phenoxy) is 3. The highest BCUT2D eigenvalue weighted by atomic mass is 16.5. The lowest BCUT2D eigenvalue weighted by molar-refractivity contribution is 0.0765. The molecule has 0 bridgehead atoms. The largest absolute Gasteiger partial charge is 0.492 e. The predicted octanol–water partition coefficient (Wildman–Crippen LogP) is 3.41. The molecule has 1 fully saturated rings. The molecule has 1 N–H and O–H groups in total. The van der Waals surface area contributed by atoms with Crippen LogP contribution >= 0.6 is 0 Å².